The lowest BCUT2D eigenvalue weighted by molar-refractivity contribution is 0.951. The second-order valence-corrected chi connectivity index (χ2v) is 2.26. The summed E-state index contributed by atoms with van der Waals surface area (Å²) in [6.45, 7) is 0.505. The van der Waals surface area contributed by atoms with Gasteiger partial charge in [-0.25, -0.2) is 4.98 Å². The molecular formula is C7H10Cl2N4. The molecule has 0 aliphatic rings. The molecule has 4 nitrogen and oxygen atoms in total. The molecule has 0 aromatic carbocycles. The first-order valence-electron chi connectivity index (χ1n) is 3.38. The van der Waals surface area contributed by atoms with E-state index in [4.69, 9.17) is 5.73 Å². The second-order valence-electron chi connectivity index (χ2n) is 2.26. The third-order valence-corrected chi connectivity index (χ3v) is 1.60. The summed E-state index contributed by atoms with van der Waals surface area (Å²) >= 11 is 0. The largest absolute Gasteiger partial charge is 0.325 e. The normalized spacial score (nSPS) is 9.00. The highest BCUT2D eigenvalue weighted by atomic mass is 35.5. The molecular weight excluding hydrogens is 211 g/mol. The van der Waals surface area contributed by atoms with Gasteiger partial charge < -0.3 is 5.73 Å². The number of imidazole rings is 1. The molecule has 0 saturated heterocycles. The van der Waals surface area contributed by atoms with E-state index in [1.54, 1.807) is 18.6 Å². The summed E-state index contributed by atoms with van der Waals surface area (Å²) < 4.78 is 1.92. The minimum absolute atomic E-state index is 0. The van der Waals surface area contributed by atoms with Crippen molar-refractivity contribution in [2.75, 3.05) is 0 Å². The van der Waals surface area contributed by atoms with Gasteiger partial charge in [0.05, 0.1) is 18.1 Å². The Labute approximate surface area is 88.0 Å². The van der Waals surface area contributed by atoms with Crippen LogP contribution in [0.25, 0.3) is 5.65 Å². The summed E-state index contributed by atoms with van der Waals surface area (Å²) in [7, 11) is 0. The van der Waals surface area contributed by atoms with Crippen molar-refractivity contribution in [3.63, 3.8) is 0 Å². The van der Waals surface area contributed by atoms with E-state index in [-0.39, 0.29) is 24.8 Å². The number of hydrogen-bond acceptors (Lipinski definition) is 3. The summed E-state index contributed by atoms with van der Waals surface area (Å²) in [6, 6.07) is 0. The Hall–Kier alpha value is -0.840. The van der Waals surface area contributed by atoms with E-state index in [0.29, 0.717) is 6.54 Å². The number of hydrogen-bond donors (Lipinski definition) is 1. The van der Waals surface area contributed by atoms with Crippen LogP contribution < -0.4 is 5.73 Å². The minimum Gasteiger partial charge on any atom is -0.325 e. The van der Waals surface area contributed by atoms with Gasteiger partial charge in [0.1, 0.15) is 0 Å². The van der Waals surface area contributed by atoms with Crippen LogP contribution in [0.3, 0.4) is 0 Å². The molecule has 0 unspecified atom stereocenters. The highest BCUT2D eigenvalue weighted by molar-refractivity contribution is 5.85. The zero-order valence-electron chi connectivity index (χ0n) is 6.75. The van der Waals surface area contributed by atoms with Crippen LogP contribution in [0.4, 0.5) is 0 Å². The van der Waals surface area contributed by atoms with E-state index >= 15 is 0 Å². The van der Waals surface area contributed by atoms with Gasteiger partial charge in [-0.3, -0.25) is 9.38 Å². The van der Waals surface area contributed by atoms with E-state index < -0.39 is 0 Å². The summed E-state index contributed by atoms with van der Waals surface area (Å²) in [6.07, 6.45) is 7.04. The first kappa shape index (κ1) is 12.2. The van der Waals surface area contributed by atoms with E-state index in [1.165, 1.54) is 0 Å². The van der Waals surface area contributed by atoms with Gasteiger partial charge in [-0.15, -0.1) is 24.8 Å². The molecule has 13 heavy (non-hydrogen) atoms. The third kappa shape index (κ3) is 2.09. The number of aromatic nitrogens is 3. The van der Waals surface area contributed by atoms with Crippen molar-refractivity contribution in [2.24, 2.45) is 5.73 Å². The number of fused-ring (bicyclic) bond motifs is 1. The molecule has 0 bridgehead atoms. The average Bonchev–Trinajstić information content (AvgIpc) is 2.47. The van der Waals surface area contributed by atoms with Gasteiger partial charge in [0.25, 0.3) is 0 Å². The average molecular weight is 221 g/mol. The Kier molecular flexibility index (Phi) is 4.69. The molecule has 2 N–H and O–H groups in total. The van der Waals surface area contributed by atoms with Gasteiger partial charge >= 0.3 is 0 Å². The maximum absolute atomic E-state index is 5.48. The highest BCUT2D eigenvalue weighted by Crippen LogP contribution is 2.02. The zero-order chi connectivity index (χ0) is 7.68. The fourth-order valence-electron chi connectivity index (χ4n) is 1.05. The van der Waals surface area contributed by atoms with Crippen molar-refractivity contribution in [1.82, 2.24) is 14.4 Å². The number of halogens is 2. The molecule has 2 rings (SSSR count). The Morgan fingerprint density at radius 2 is 2.08 bits per heavy atom. The highest BCUT2D eigenvalue weighted by Gasteiger charge is 1.98. The molecule has 0 amide bonds. The number of rotatable bonds is 1. The number of nitrogens with two attached hydrogens (primary N) is 1. The fourth-order valence-corrected chi connectivity index (χ4v) is 1.05. The zero-order valence-corrected chi connectivity index (χ0v) is 8.38. The third-order valence-electron chi connectivity index (χ3n) is 1.60. The minimum atomic E-state index is 0. The molecule has 2 heterocycles. The van der Waals surface area contributed by atoms with Crippen LogP contribution in [-0.4, -0.2) is 14.4 Å². The van der Waals surface area contributed by atoms with Crippen molar-refractivity contribution in [1.29, 1.82) is 0 Å². The molecule has 0 aliphatic carbocycles. The summed E-state index contributed by atoms with van der Waals surface area (Å²) in [4.78, 5) is 8.05. The van der Waals surface area contributed by atoms with Crippen LogP contribution in [0.1, 0.15) is 5.69 Å². The van der Waals surface area contributed by atoms with Crippen LogP contribution in [-0.2, 0) is 6.54 Å². The van der Waals surface area contributed by atoms with Crippen LogP contribution in [0.5, 0.6) is 0 Å². The Bertz CT molecular complexity index is 373. The number of nitrogens with zero attached hydrogens (tertiary/aromatic N) is 3. The topological polar surface area (TPSA) is 56.2 Å². The fraction of sp³-hybridized carbons (Fsp3) is 0.143. The maximum Gasteiger partial charge on any atom is 0.155 e. The SMILES string of the molecule is Cl.Cl.NCc1cnc2cnccn12. The van der Waals surface area contributed by atoms with Gasteiger partial charge in [0, 0.05) is 18.9 Å². The molecule has 2 aromatic rings. The summed E-state index contributed by atoms with van der Waals surface area (Å²) in [5, 5.41) is 0. The Balaban J connectivity index is 0.000000720. The van der Waals surface area contributed by atoms with Crippen molar-refractivity contribution in [3.8, 4) is 0 Å². The quantitative estimate of drug-likeness (QED) is 0.782. The first-order valence-corrected chi connectivity index (χ1v) is 3.38. The lowest BCUT2D eigenvalue weighted by atomic mass is 10.5. The molecule has 0 aliphatic heterocycles. The van der Waals surface area contributed by atoms with Crippen LogP contribution >= 0.6 is 24.8 Å². The summed E-state index contributed by atoms with van der Waals surface area (Å²) in [5.74, 6) is 0. The van der Waals surface area contributed by atoms with Crippen molar-refractivity contribution >= 4 is 30.5 Å². The van der Waals surface area contributed by atoms with Crippen molar-refractivity contribution in [2.45, 2.75) is 6.54 Å². The van der Waals surface area contributed by atoms with E-state index in [1.807, 2.05) is 10.6 Å². The van der Waals surface area contributed by atoms with Gasteiger partial charge in [-0.05, 0) is 0 Å². The predicted molar refractivity (Wildman–Crippen MR) is 55.4 cm³/mol. The Morgan fingerprint density at radius 3 is 2.77 bits per heavy atom. The van der Waals surface area contributed by atoms with Crippen LogP contribution in [0.2, 0.25) is 0 Å². The Morgan fingerprint density at radius 1 is 1.31 bits per heavy atom. The molecule has 0 fully saturated rings. The molecule has 6 heteroatoms. The first-order chi connectivity index (χ1) is 5.42. The van der Waals surface area contributed by atoms with Gasteiger partial charge in [-0.2, -0.15) is 0 Å². The monoisotopic (exact) mass is 220 g/mol. The van der Waals surface area contributed by atoms with Crippen LogP contribution in [0, 0.1) is 0 Å². The maximum atomic E-state index is 5.48. The van der Waals surface area contributed by atoms with Crippen LogP contribution in [0.15, 0.2) is 24.8 Å². The molecule has 2 aromatic heterocycles. The van der Waals surface area contributed by atoms with Crippen molar-refractivity contribution in [3.05, 3.63) is 30.5 Å². The smallest absolute Gasteiger partial charge is 0.155 e. The predicted octanol–water partition coefficient (Wildman–Crippen LogP) is 1.03. The standard InChI is InChI=1S/C7H8N4.2ClH/c8-3-6-4-10-7-5-9-1-2-11(6)7;;/h1-2,4-5H,3,8H2;2*1H. The van der Waals surface area contributed by atoms with E-state index in [0.717, 1.165) is 11.3 Å². The summed E-state index contributed by atoms with van der Waals surface area (Å²) in [5.41, 5.74) is 7.32. The molecule has 72 valence electrons. The second kappa shape index (κ2) is 5.01. The van der Waals surface area contributed by atoms with Gasteiger partial charge in [-0.1, -0.05) is 0 Å². The molecule has 0 spiro atoms. The van der Waals surface area contributed by atoms with Gasteiger partial charge in [0.2, 0.25) is 0 Å². The van der Waals surface area contributed by atoms with Gasteiger partial charge in [0.15, 0.2) is 5.65 Å². The molecule has 0 radical (unpaired) electrons. The molecule has 0 saturated carbocycles. The van der Waals surface area contributed by atoms with E-state index in [9.17, 15) is 0 Å². The lowest BCUT2D eigenvalue weighted by Crippen LogP contribution is -2.00. The molecule has 0 atom stereocenters. The van der Waals surface area contributed by atoms with E-state index in [2.05, 4.69) is 9.97 Å². The lowest BCUT2D eigenvalue weighted by Gasteiger charge is -1.94. The van der Waals surface area contributed by atoms with Crippen molar-refractivity contribution < 1.29 is 0 Å².